The summed E-state index contributed by atoms with van der Waals surface area (Å²) in [5.74, 6) is -0.363. The summed E-state index contributed by atoms with van der Waals surface area (Å²) in [4.78, 5) is 29.1. The molecule has 0 heterocycles. The Balaban J connectivity index is 1.64. The van der Waals surface area contributed by atoms with Crippen LogP contribution in [-0.2, 0) is 21.1 Å². The van der Waals surface area contributed by atoms with E-state index < -0.39 is 15.9 Å². The second-order valence-electron chi connectivity index (χ2n) is 7.54. The topological polar surface area (TPSA) is 113 Å². The van der Waals surface area contributed by atoms with Gasteiger partial charge in [0.25, 0.3) is 10.8 Å². The van der Waals surface area contributed by atoms with Crippen LogP contribution in [0, 0.1) is 4.91 Å². The van der Waals surface area contributed by atoms with Crippen molar-refractivity contribution in [2.24, 2.45) is 0 Å². The average molecular weight is 470 g/mol. The molecule has 3 aromatic carbocycles. The zero-order valence-electron chi connectivity index (χ0n) is 18.3. The molecular formula is C24H25N2O6S+. The van der Waals surface area contributed by atoms with Crippen LogP contribution in [0.4, 0.5) is 5.69 Å². The Kier molecular flexibility index (Phi) is 7.57. The lowest BCUT2D eigenvalue weighted by atomic mass is 10.0. The smallest absolute Gasteiger partial charge is 0.316 e. The summed E-state index contributed by atoms with van der Waals surface area (Å²) in [6, 6.07) is 19.7. The quantitative estimate of drug-likeness (QED) is 0.466. The Bertz CT molecular complexity index is 1220. The molecule has 0 aromatic heterocycles. The highest BCUT2D eigenvalue weighted by Gasteiger charge is 2.17. The van der Waals surface area contributed by atoms with Crippen molar-refractivity contribution in [3.05, 3.63) is 88.8 Å². The van der Waals surface area contributed by atoms with Gasteiger partial charge in [0.15, 0.2) is 16.9 Å². The van der Waals surface area contributed by atoms with Crippen molar-refractivity contribution in [3.63, 3.8) is 0 Å². The Labute approximate surface area is 192 Å². The van der Waals surface area contributed by atoms with Gasteiger partial charge in [0.1, 0.15) is 0 Å². The van der Waals surface area contributed by atoms with Crippen LogP contribution in [0.5, 0.6) is 0 Å². The number of carbonyl (C=O) groups excluding carboxylic acids is 1. The molecule has 0 aliphatic rings. The lowest BCUT2D eigenvalue weighted by Crippen LogP contribution is -2.39. The van der Waals surface area contributed by atoms with Crippen LogP contribution < -0.4 is 5.32 Å². The molecule has 3 aromatic rings. The minimum absolute atomic E-state index is 0.240. The van der Waals surface area contributed by atoms with E-state index in [-0.39, 0.29) is 23.1 Å². The van der Waals surface area contributed by atoms with Crippen LogP contribution in [0.15, 0.2) is 77.7 Å². The highest BCUT2D eigenvalue weighted by molar-refractivity contribution is 7.90. The van der Waals surface area contributed by atoms with Gasteiger partial charge in [-0.3, -0.25) is 4.79 Å². The second-order valence-corrected chi connectivity index (χ2v) is 9.55. The Morgan fingerprint density at radius 2 is 1.52 bits per heavy atom. The molecule has 33 heavy (non-hydrogen) atoms. The fourth-order valence-corrected chi connectivity index (χ4v) is 3.91. The summed E-state index contributed by atoms with van der Waals surface area (Å²) >= 11 is 0. The standard InChI is InChI=1S/C24H24N2O6S/c1-32-26(29)22-11-7-20(8-12-22)24(28)25-21(16-27)15-17-3-5-18(6-4-17)19-9-13-23(14-10-19)33(2,30)31/h3-14,21,27H,15-16H2,1-2H3/p+1. The van der Waals surface area contributed by atoms with Gasteiger partial charge in [0, 0.05) is 24.0 Å². The van der Waals surface area contributed by atoms with E-state index in [4.69, 9.17) is 0 Å². The number of nitrogens with one attached hydrogen (secondary N) is 1. The van der Waals surface area contributed by atoms with Crippen molar-refractivity contribution in [3.8, 4) is 11.1 Å². The summed E-state index contributed by atoms with van der Waals surface area (Å²) in [7, 11) is -1.99. The first kappa shape index (κ1) is 24.1. The van der Waals surface area contributed by atoms with Gasteiger partial charge >= 0.3 is 5.69 Å². The number of benzene rings is 3. The number of sulfone groups is 1. The van der Waals surface area contributed by atoms with Crippen molar-refractivity contribution < 1.29 is 28.1 Å². The number of nitrogens with zero attached hydrogens (tertiary/aromatic N) is 1. The maximum absolute atomic E-state index is 12.5. The zero-order chi connectivity index (χ0) is 24.0. The average Bonchev–Trinajstić information content (AvgIpc) is 2.83. The summed E-state index contributed by atoms with van der Waals surface area (Å²) in [5, 5.41) is 12.5. The molecule has 1 unspecified atom stereocenters. The summed E-state index contributed by atoms with van der Waals surface area (Å²) < 4.78 is 23.2. The highest BCUT2D eigenvalue weighted by atomic mass is 32.2. The summed E-state index contributed by atoms with van der Waals surface area (Å²) in [5.41, 5.74) is 3.35. The Morgan fingerprint density at radius 3 is 2.00 bits per heavy atom. The first-order chi connectivity index (χ1) is 15.7. The molecule has 3 rings (SSSR count). The molecule has 2 N–H and O–H groups in total. The molecule has 0 spiro atoms. The van der Waals surface area contributed by atoms with Gasteiger partial charge in [0.05, 0.1) is 22.5 Å². The number of amides is 1. The van der Waals surface area contributed by atoms with Gasteiger partial charge in [-0.15, -0.1) is 0 Å². The van der Waals surface area contributed by atoms with Crippen LogP contribution >= 0.6 is 0 Å². The fourth-order valence-electron chi connectivity index (χ4n) is 3.28. The van der Waals surface area contributed by atoms with E-state index in [1.54, 1.807) is 24.3 Å². The Hall–Kier alpha value is -3.56. The third-order valence-electron chi connectivity index (χ3n) is 5.11. The van der Waals surface area contributed by atoms with Crippen LogP contribution in [0.1, 0.15) is 15.9 Å². The van der Waals surface area contributed by atoms with Crippen molar-refractivity contribution in [1.29, 1.82) is 0 Å². The van der Waals surface area contributed by atoms with Crippen LogP contribution in [0.25, 0.3) is 11.1 Å². The van der Waals surface area contributed by atoms with E-state index in [2.05, 4.69) is 10.2 Å². The molecule has 1 atom stereocenters. The number of hydrogen-bond donors (Lipinski definition) is 2. The minimum atomic E-state index is -3.24. The van der Waals surface area contributed by atoms with E-state index in [0.29, 0.717) is 16.9 Å². The lowest BCUT2D eigenvalue weighted by molar-refractivity contribution is -0.736. The van der Waals surface area contributed by atoms with Gasteiger partial charge in [-0.1, -0.05) is 36.4 Å². The van der Waals surface area contributed by atoms with Crippen LogP contribution in [0.2, 0.25) is 0 Å². The Morgan fingerprint density at radius 1 is 0.970 bits per heavy atom. The number of rotatable bonds is 9. The molecule has 0 aliphatic heterocycles. The van der Waals surface area contributed by atoms with Gasteiger partial charge in [-0.2, -0.15) is 0 Å². The number of aliphatic hydroxyl groups is 1. The van der Waals surface area contributed by atoms with Crippen molar-refractivity contribution >= 4 is 21.4 Å². The van der Waals surface area contributed by atoms with Gasteiger partial charge < -0.3 is 10.4 Å². The van der Waals surface area contributed by atoms with Crippen molar-refractivity contribution in [2.45, 2.75) is 17.4 Å². The molecule has 8 nitrogen and oxygen atoms in total. The third kappa shape index (κ3) is 6.24. The first-order valence-electron chi connectivity index (χ1n) is 10.1. The molecule has 0 radical (unpaired) electrons. The number of carbonyl (C=O) groups is 1. The highest BCUT2D eigenvalue weighted by Crippen LogP contribution is 2.22. The molecule has 0 saturated carbocycles. The molecule has 172 valence electrons. The lowest BCUT2D eigenvalue weighted by Gasteiger charge is -2.17. The molecular weight excluding hydrogens is 444 g/mol. The SMILES string of the molecule is CO[N+](=O)c1ccc(C(=O)NC(CO)Cc2ccc(-c3ccc(S(C)(=O)=O)cc3)cc2)cc1. The van der Waals surface area contributed by atoms with Crippen molar-refractivity contribution in [2.75, 3.05) is 20.0 Å². The van der Waals surface area contributed by atoms with E-state index in [1.165, 1.54) is 37.6 Å². The summed E-state index contributed by atoms with van der Waals surface area (Å²) in [6.45, 7) is -0.240. The number of aliphatic hydroxyl groups excluding tert-OH is 1. The predicted octanol–water partition coefficient (Wildman–Crippen LogP) is 3.06. The van der Waals surface area contributed by atoms with Crippen molar-refractivity contribution in [1.82, 2.24) is 5.32 Å². The van der Waals surface area contributed by atoms with Crippen LogP contribution in [-0.4, -0.2) is 50.4 Å². The van der Waals surface area contributed by atoms with Gasteiger partial charge in [-0.05, 0) is 47.4 Å². The number of hydrogen-bond acceptors (Lipinski definition) is 6. The zero-order valence-corrected chi connectivity index (χ0v) is 19.1. The third-order valence-corrected chi connectivity index (χ3v) is 6.24. The van der Waals surface area contributed by atoms with Gasteiger partial charge in [0.2, 0.25) is 0 Å². The van der Waals surface area contributed by atoms with Gasteiger partial charge in [-0.25, -0.2) is 13.3 Å². The molecule has 0 aliphatic carbocycles. The monoisotopic (exact) mass is 469 g/mol. The minimum Gasteiger partial charge on any atom is -0.394 e. The summed E-state index contributed by atoms with van der Waals surface area (Å²) in [6.07, 6.45) is 1.59. The maximum atomic E-state index is 12.5. The van der Waals surface area contributed by atoms with E-state index in [1.807, 2.05) is 24.3 Å². The maximum Gasteiger partial charge on any atom is 0.316 e. The molecule has 0 fully saturated rings. The van der Waals surface area contributed by atoms with Crippen LogP contribution in [0.3, 0.4) is 0 Å². The van der Waals surface area contributed by atoms with E-state index >= 15 is 0 Å². The normalized spacial score (nSPS) is 12.1. The predicted molar refractivity (Wildman–Crippen MR) is 124 cm³/mol. The fraction of sp³-hybridized carbons (Fsp3) is 0.208. The molecule has 0 saturated heterocycles. The first-order valence-corrected chi connectivity index (χ1v) is 12.0. The second kappa shape index (κ2) is 10.4. The molecule has 0 bridgehead atoms. The largest absolute Gasteiger partial charge is 0.394 e. The molecule has 9 heteroatoms. The van der Waals surface area contributed by atoms with E-state index in [9.17, 15) is 23.2 Å². The molecule has 1 amide bonds. The van der Waals surface area contributed by atoms with E-state index in [0.717, 1.165) is 16.7 Å².